The molecule has 0 amide bonds. The lowest BCUT2D eigenvalue weighted by Gasteiger charge is -2.01. The van der Waals surface area contributed by atoms with Crippen molar-refractivity contribution in [3.05, 3.63) is 65.9 Å². The van der Waals surface area contributed by atoms with Gasteiger partial charge in [0.2, 0.25) is 0 Å². The predicted molar refractivity (Wildman–Crippen MR) is 70.9 cm³/mol. The standard InChI is InChI=1S/C14H14Si/c15-11-10-12-6-8-14(9-7-12)13-4-2-1-3-5-13/h1-11H,15H3. The minimum Gasteiger partial charge on any atom is -0.105 e. The molecule has 0 spiro atoms. The van der Waals surface area contributed by atoms with E-state index < -0.39 is 0 Å². The first-order chi connectivity index (χ1) is 7.40. The smallest absolute Gasteiger partial charge is 0.0291 e. The van der Waals surface area contributed by atoms with Crippen molar-refractivity contribution >= 4 is 16.3 Å². The van der Waals surface area contributed by atoms with Crippen molar-refractivity contribution in [3.63, 3.8) is 0 Å². The highest BCUT2D eigenvalue weighted by Gasteiger charge is 1.94. The number of hydrogen-bond donors (Lipinski definition) is 0. The highest BCUT2D eigenvalue weighted by molar-refractivity contribution is 6.19. The van der Waals surface area contributed by atoms with Gasteiger partial charge in [-0.2, -0.15) is 0 Å². The molecule has 15 heavy (non-hydrogen) atoms. The summed E-state index contributed by atoms with van der Waals surface area (Å²) in [5.41, 5.74) is 6.03. The first-order valence-corrected chi connectivity index (χ1v) is 6.34. The second-order valence-corrected chi connectivity index (χ2v) is 4.15. The van der Waals surface area contributed by atoms with E-state index in [1.54, 1.807) is 0 Å². The van der Waals surface area contributed by atoms with Crippen LogP contribution in [0.1, 0.15) is 5.56 Å². The number of benzene rings is 2. The zero-order valence-electron chi connectivity index (χ0n) is 8.85. The van der Waals surface area contributed by atoms with Crippen molar-refractivity contribution < 1.29 is 0 Å². The molecule has 0 radical (unpaired) electrons. The van der Waals surface area contributed by atoms with Crippen LogP contribution in [0.25, 0.3) is 17.2 Å². The van der Waals surface area contributed by atoms with E-state index in [1.807, 2.05) is 6.07 Å². The van der Waals surface area contributed by atoms with Crippen molar-refractivity contribution in [1.82, 2.24) is 0 Å². The second-order valence-electron chi connectivity index (χ2n) is 3.49. The third kappa shape index (κ3) is 2.45. The molecule has 0 unspecified atom stereocenters. The average Bonchev–Trinajstić information content (AvgIpc) is 2.32. The maximum Gasteiger partial charge on any atom is 0.0291 e. The molecule has 0 saturated heterocycles. The first kappa shape index (κ1) is 9.93. The maximum absolute atomic E-state index is 2.19. The van der Waals surface area contributed by atoms with Gasteiger partial charge in [-0.25, -0.2) is 0 Å². The van der Waals surface area contributed by atoms with Crippen molar-refractivity contribution in [2.75, 3.05) is 0 Å². The molecule has 2 rings (SSSR count). The summed E-state index contributed by atoms with van der Waals surface area (Å²) in [6, 6.07) is 19.1. The van der Waals surface area contributed by atoms with E-state index in [9.17, 15) is 0 Å². The van der Waals surface area contributed by atoms with Crippen LogP contribution in [-0.2, 0) is 0 Å². The molecule has 2 aromatic carbocycles. The molecule has 0 aliphatic rings. The molecule has 0 aromatic heterocycles. The van der Waals surface area contributed by atoms with Gasteiger partial charge in [-0.3, -0.25) is 0 Å². The molecule has 0 aliphatic heterocycles. The van der Waals surface area contributed by atoms with Gasteiger partial charge in [0.05, 0.1) is 0 Å². The van der Waals surface area contributed by atoms with E-state index >= 15 is 0 Å². The van der Waals surface area contributed by atoms with Crippen LogP contribution in [0, 0.1) is 0 Å². The number of hydrogen-bond acceptors (Lipinski definition) is 0. The normalized spacial score (nSPS) is 10.9. The Morgan fingerprint density at radius 1 is 0.733 bits per heavy atom. The van der Waals surface area contributed by atoms with E-state index in [0.717, 1.165) is 10.2 Å². The highest BCUT2D eigenvalue weighted by atomic mass is 28.1. The third-order valence-corrected chi connectivity index (χ3v) is 2.71. The van der Waals surface area contributed by atoms with E-state index in [0.29, 0.717) is 0 Å². The van der Waals surface area contributed by atoms with E-state index in [4.69, 9.17) is 0 Å². The first-order valence-electron chi connectivity index (χ1n) is 5.18. The van der Waals surface area contributed by atoms with E-state index in [2.05, 4.69) is 60.3 Å². The Morgan fingerprint density at radius 3 is 1.93 bits per heavy atom. The SMILES string of the molecule is [SiH3]C=Cc1ccc(-c2ccccc2)cc1. The summed E-state index contributed by atoms with van der Waals surface area (Å²) in [5.74, 6) is 0. The molecule has 1 heteroatoms. The van der Waals surface area contributed by atoms with Gasteiger partial charge in [0, 0.05) is 10.2 Å². The second kappa shape index (κ2) is 4.76. The van der Waals surface area contributed by atoms with Gasteiger partial charge in [-0.15, -0.1) is 5.70 Å². The summed E-state index contributed by atoms with van der Waals surface area (Å²) in [6.45, 7) is 0. The quantitative estimate of drug-likeness (QED) is 0.669. The predicted octanol–water partition coefficient (Wildman–Crippen LogP) is 2.69. The van der Waals surface area contributed by atoms with E-state index in [1.165, 1.54) is 16.7 Å². The minimum atomic E-state index is 1.12. The summed E-state index contributed by atoms with van der Waals surface area (Å²) in [6.07, 6.45) is 2.17. The summed E-state index contributed by atoms with van der Waals surface area (Å²) in [7, 11) is 1.12. The molecule has 0 saturated carbocycles. The van der Waals surface area contributed by atoms with Crippen LogP contribution in [0.3, 0.4) is 0 Å². The molecular weight excluding hydrogens is 196 g/mol. The average molecular weight is 210 g/mol. The molecule has 2 aromatic rings. The van der Waals surface area contributed by atoms with Crippen LogP contribution >= 0.6 is 0 Å². The Labute approximate surface area is 93.7 Å². The fourth-order valence-corrected chi connectivity index (χ4v) is 1.99. The zero-order chi connectivity index (χ0) is 10.5. The van der Waals surface area contributed by atoms with Crippen molar-refractivity contribution in [2.45, 2.75) is 0 Å². The Morgan fingerprint density at radius 2 is 1.33 bits per heavy atom. The van der Waals surface area contributed by atoms with Gasteiger partial charge >= 0.3 is 0 Å². The molecular formula is C14H14Si. The molecule has 0 bridgehead atoms. The van der Waals surface area contributed by atoms with Gasteiger partial charge < -0.3 is 0 Å². The van der Waals surface area contributed by atoms with Gasteiger partial charge in [-0.05, 0) is 16.7 Å². The van der Waals surface area contributed by atoms with Gasteiger partial charge in [0.25, 0.3) is 0 Å². The van der Waals surface area contributed by atoms with Gasteiger partial charge in [0.1, 0.15) is 0 Å². The van der Waals surface area contributed by atoms with Crippen LogP contribution in [0.5, 0.6) is 0 Å². The molecule has 0 aliphatic carbocycles. The Bertz CT molecular complexity index is 441. The van der Waals surface area contributed by atoms with Crippen LogP contribution in [0.15, 0.2) is 60.3 Å². The van der Waals surface area contributed by atoms with Crippen molar-refractivity contribution in [2.24, 2.45) is 0 Å². The minimum absolute atomic E-state index is 1.12. The molecule has 0 N–H and O–H groups in total. The maximum atomic E-state index is 2.19. The Kier molecular flexibility index (Phi) is 3.15. The van der Waals surface area contributed by atoms with E-state index in [-0.39, 0.29) is 0 Å². The summed E-state index contributed by atoms with van der Waals surface area (Å²) < 4.78 is 0. The Hall–Kier alpha value is -1.60. The molecule has 0 nitrogen and oxygen atoms in total. The van der Waals surface area contributed by atoms with Gasteiger partial charge in [0.15, 0.2) is 0 Å². The molecule has 0 atom stereocenters. The largest absolute Gasteiger partial charge is 0.105 e. The summed E-state index contributed by atoms with van der Waals surface area (Å²) >= 11 is 0. The molecule has 74 valence electrons. The summed E-state index contributed by atoms with van der Waals surface area (Å²) in [5, 5.41) is 0. The number of rotatable bonds is 2. The zero-order valence-corrected chi connectivity index (χ0v) is 10.9. The monoisotopic (exact) mass is 210 g/mol. The lowest BCUT2D eigenvalue weighted by atomic mass is 10.0. The fraction of sp³-hybridized carbons (Fsp3) is 0. The highest BCUT2D eigenvalue weighted by Crippen LogP contribution is 2.19. The van der Waals surface area contributed by atoms with Gasteiger partial charge in [-0.1, -0.05) is 60.7 Å². The van der Waals surface area contributed by atoms with Crippen LogP contribution in [0.2, 0.25) is 0 Å². The van der Waals surface area contributed by atoms with Crippen LogP contribution in [0.4, 0.5) is 0 Å². The van der Waals surface area contributed by atoms with Crippen molar-refractivity contribution in [3.8, 4) is 11.1 Å². The lowest BCUT2D eigenvalue weighted by Crippen LogP contribution is -1.77. The Balaban J connectivity index is 2.32. The van der Waals surface area contributed by atoms with Crippen LogP contribution < -0.4 is 0 Å². The topological polar surface area (TPSA) is 0 Å². The van der Waals surface area contributed by atoms with Crippen LogP contribution in [-0.4, -0.2) is 10.2 Å². The van der Waals surface area contributed by atoms with Crippen molar-refractivity contribution in [1.29, 1.82) is 0 Å². The third-order valence-electron chi connectivity index (χ3n) is 2.38. The summed E-state index contributed by atoms with van der Waals surface area (Å²) in [4.78, 5) is 0. The molecule has 0 fully saturated rings. The lowest BCUT2D eigenvalue weighted by molar-refractivity contribution is 1.60. The molecule has 0 heterocycles. The fourth-order valence-electron chi connectivity index (χ4n) is 1.61.